The van der Waals surface area contributed by atoms with Gasteiger partial charge in [-0.1, -0.05) is 17.7 Å². The Labute approximate surface area is 179 Å². The third-order valence-corrected chi connectivity index (χ3v) is 6.59. The first-order chi connectivity index (χ1) is 13.8. The van der Waals surface area contributed by atoms with Crippen LogP contribution in [0.3, 0.4) is 0 Å². The van der Waals surface area contributed by atoms with Crippen LogP contribution in [-0.4, -0.2) is 20.6 Å². The van der Waals surface area contributed by atoms with Gasteiger partial charge in [0.25, 0.3) is 15.9 Å². The van der Waals surface area contributed by atoms with Gasteiger partial charge in [0.05, 0.1) is 4.90 Å². The lowest BCUT2D eigenvalue weighted by Gasteiger charge is -2.11. The van der Waals surface area contributed by atoms with Crippen molar-refractivity contribution >= 4 is 50.7 Å². The van der Waals surface area contributed by atoms with Gasteiger partial charge in [-0.25, -0.2) is 8.42 Å². The van der Waals surface area contributed by atoms with Crippen LogP contribution < -0.4 is 10.0 Å². The largest absolute Gasteiger partial charge is 0.322 e. The lowest BCUT2D eigenvalue weighted by molar-refractivity contribution is 0.102. The van der Waals surface area contributed by atoms with Crippen molar-refractivity contribution in [2.45, 2.75) is 16.7 Å². The van der Waals surface area contributed by atoms with E-state index in [-0.39, 0.29) is 10.8 Å². The van der Waals surface area contributed by atoms with Gasteiger partial charge in [0.15, 0.2) is 0 Å². The molecule has 0 bridgehead atoms. The third kappa shape index (κ3) is 5.32. The highest BCUT2D eigenvalue weighted by molar-refractivity contribution is 7.98. The average molecular weight is 447 g/mol. The topological polar surface area (TPSA) is 75.3 Å². The minimum Gasteiger partial charge on any atom is -0.322 e. The van der Waals surface area contributed by atoms with Crippen LogP contribution in [0.15, 0.2) is 76.5 Å². The maximum absolute atomic E-state index is 12.5. The van der Waals surface area contributed by atoms with E-state index in [1.807, 2.05) is 19.2 Å². The molecular weight excluding hydrogens is 428 g/mol. The minimum absolute atomic E-state index is 0.175. The van der Waals surface area contributed by atoms with Crippen LogP contribution in [-0.2, 0) is 10.0 Å². The van der Waals surface area contributed by atoms with Gasteiger partial charge < -0.3 is 5.32 Å². The lowest BCUT2D eigenvalue weighted by atomic mass is 10.1. The van der Waals surface area contributed by atoms with Crippen LogP contribution in [0.1, 0.15) is 15.9 Å². The van der Waals surface area contributed by atoms with Gasteiger partial charge in [0.1, 0.15) is 0 Å². The van der Waals surface area contributed by atoms with Crippen LogP contribution in [0, 0.1) is 6.92 Å². The Bertz CT molecular complexity index is 1130. The molecule has 0 aromatic heterocycles. The number of hydrogen-bond acceptors (Lipinski definition) is 4. The molecule has 8 heteroatoms. The van der Waals surface area contributed by atoms with Crippen LogP contribution in [0.2, 0.25) is 5.02 Å². The Kier molecular flexibility index (Phi) is 6.52. The molecule has 3 aromatic rings. The minimum atomic E-state index is -3.70. The summed E-state index contributed by atoms with van der Waals surface area (Å²) in [7, 11) is -3.70. The number of halogens is 1. The lowest BCUT2D eigenvalue weighted by Crippen LogP contribution is -2.14. The fourth-order valence-corrected chi connectivity index (χ4v) is 4.22. The van der Waals surface area contributed by atoms with Crippen molar-refractivity contribution in [2.24, 2.45) is 0 Å². The van der Waals surface area contributed by atoms with Gasteiger partial charge >= 0.3 is 0 Å². The molecular formula is C21H19ClN2O3S2. The first-order valence-electron chi connectivity index (χ1n) is 8.63. The molecule has 0 aliphatic heterocycles. The molecule has 0 aliphatic rings. The number of benzene rings is 3. The fraction of sp³-hybridized carbons (Fsp3) is 0.0952. The van der Waals surface area contributed by atoms with Gasteiger partial charge in [-0.05, 0) is 79.4 Å². The number of carbonyl (C=O) groups excluding carboxylic acids is 1. The number of hydrogen-bond donors (Lipinski definition) is 2. The van der Waals surface area contributed by atoms with E-state index >= 15 is 0 Å². The van der Waals surface area contributed by atoms with Crippen molar-refractivity contribution in [3.8, 4) is 0 Å². The van der Waals surface area contributed by atoms with Gasteiger partial charge in [0, 0.05) is 26.9 Å². The number of carbonyl (C=O) groups is 1. The number of amides is 1. The van der Waals surface area contributed by atoms with Crippen molar-refractivity contribution in [3.05, 3.63) is 82.9 Å². The fourth-order valence-electron chi connectivity index (χ4n) is 2.58. The number of sulfonamides is 1. The van der Waals surface area contributed by atoms with Gasteiger partial charge in [-0.15, -0.1) is 11.8 Å². The highest BCUT2D eigenvalue weighted by atomic mass is 35.5. The molecule has 3 aromatic carbocycles. The number of rotatable bonds is 6. The predicted octanol–water partition coefficient (Wildman–Crippen LogP) is 5.42. The first kappa shape index (κ1) is 21.2. The SMILES string of the molecule is CSc1ccc(S(=O)(=O)Nc2ccc(C(=O)Nc3cc(Cl)ccc3C)cc2)cc1. The van der Waals surface area contributed by atoms with E-state index in [1.165, 1.54) is 11.8 Å². The molecule has 3 rings (SSSR count). The van der Waals surface area contributed by atoms with E-state index < -0.39 is 10.0 Å². The molecule has 0 radical (unpaired) electrons. The molecule has 0 unspecified atom stereocenters. The average Bonchev–Trinajstić information content (AvgIpc) is 2.71. The zero-order valence-electron chi connectivity index (χ0n) is 15.8. The summed E-state index contributed by atoms with van der Waals surface area (Å²) < 4.78 is 27.6. The Balaban J connectivity index is 1.72. The molecule has 2 N–H and O–H groups in total. The number of thioether (sulfide) groups is 1. The normalized spacial score (nSPS) is 11.1. The summed E-state index contributed by atoms with van der Waals surface area (Å²) in [6.45, 7) is 1.87. The summed E-state index contributed by atoms with van der Waals surface area (Å²) in [5.74, 6) is -0.308. The summed E-state index contributed by atoms with van der Waals surface area (Å²) in [6.07, 6.45) is 1.92. The highest BCUT2D eigenvalue weighted by Gasteiger charge is 2.15. The molecule has 5 nitrogen and oxygen atoms in total. The van der Waals surface area contributed by atoms with E-state index in [2.05, 4.69) is 10.0 Å². The monoisotopic (exact) mass is 446 g/mol. The Morgan fingerprint density at radius 1 is 0.966 bits per heavy atom. The molecule has 0 spiro atoms. The molecule has 0 aliphatic carbocycles. The number of aryl methyl sites for hydroxylation is 1. The Morgan fingerprint density at radius 3 is 2.24 bits per heavy atom. The van der Waals surface area contributed by atoms with Crippen molar-refractivity contribution in [1.82, 2.24) is 0 Å². The zero-order chi connectivity index (χ0) is 21.0. The van der Waals surface area contributed by atoms with Gasteiger partial charge in [0.2, 0.25) is 0 Å². The maximum Gasteiger partial charge on any atom is 0.261 e. The molecule has 0 saturated carbocycles. The van der Waals surface area contributed by atoms with E-state index in [0.29, 0.717) is 22.0 Å². The molecule has 0 atom stereocenters. The molecule has 0 fully saturated rings. The van der Waals surface area contributed by atoms with Crippen LogP contribution in [0.4, 0.5) is 11.4 Å². The summed E-state index contributed by atoms with van der Waals surface area (Å²) in [4.78, 5) is 13.6. The molecule has 0 saturated heterocycles. The summed E-state index contributed by atoms with van der Waals surface area (Å²) in [5, 5.41) is 3.34. The summed E-state index contributed by atoms with van der Waals surface area (Å²) >= 11 is 7.52. The van der Waals surface area contributed by atoms with Crippen LogP contribution in [0.5, 0.6) is 0 Å². The van der Waals surface area contributed by atoms with Gasteiger partial charge in [-0.3, -0.25) is 9.52 Å². The Hall–Kier alpha value is -2.48. The highest BCUT2D eigenvalue weighted by Crippen LogP contribution is 2.22. The molecule has 0 heterocycles. The third-order valence-electron chi connectivity index (χ3n) is 4.22. The molecule has 150 valence electrons. The van der Waals surface area contributed by atoms with Crippen molar-refractivity contribution in [1.29, 1.82) is 0 Å². The van der Waals surface area contributed by atoms with Crippen molar-refractivity contribution in [2.75, 3.05) is 16.3 Å². The molecule has 29 heavy (non-hydrogen) atoms. The Morgan fingerprint density at radius 2 is 1.62 bits per heavy atom. The zero-order valence-corrected chi connectivity index (χ0v) is 18.2. The molecule has 1 amide bonds. The first-order valence-corrected chi connectivity index (χ1v) is 11.7. The second-order valence-electron chi connectivity index (χ2n) is 6.27. The summed E-state index contributed by atoms with van der Waals surface area (Å²) in [5.41, 5.74) is 2.28. The number of nitrogens with one attached hydrogen (secondary N) is 2. The van der Waals surface area contributed by atoms with Crippen LogP contribution >= 0.6 is 23.4 Å². The quantitative estimate of drug-likeness (QED) is 0.495. The van der Waals surface area contributed by atoms with E-state index in [4.69, 9.17) is 11.6 Å². The van der Waals surface area contributed by atoms with Crippen LogP contribution in [0.25, 0.3) is 0 Å². The van der Waals surface area contributed by atoms with E-state index in [9.17, 15) is 13.2 Å². The smallest absolute Gasteiger partial charge is 0.261 e. The second-order valence-corrected chi connectivity index (χ2v) is 9.27. The predicted molar refractivity (Wildman–Crippen MR) is 120 cm³/mol. The van der Waals surface area contributed by atoms with E-state index in [1.54, 1.807) is 60.7 Å². The maximum atomic E-state index is 12.5. The van der Waals surface area contributed by atoms with Crippen molar-refractivity contribution in [3.63, 3.8) is 0 Å². The van der Waals surface area contributed by atoms with E-state index in [0.717, 1.165) is 10.5 Å². The summed E-state index contributed by atoms with van der Waals surface area (Å²) in [6, 6.07) is 18.1. The van der Waals surface area contributed by atoms with Gasteiger partial charge in [-0.2, -0.15) is 0 Å². The number of anilines is 2. The van der Waals surface area contributed by atoms with Crippen molar-refractivity contribution < 1.29 is 13.2 Å². The standard InChI is InChI=1S/C21H19ClN2O3S2/c1-14-3-6-16(22)13-20(14)23-21(25)15-4-7-17(8-5-15)24-29(26,27)19-11-9-18(28-2)10-12-19/h3-13,24H,1-2H3,(H,23,25). The second kappa shape index (κ2) is 8.90.